The molecule has 0 atom stereocenters. The average molecular weight is 453 g/mol. The molecule has 9 heteroatoms. The van der Waals surface area contributed by atoms with E-state index in [4.69, 9.17) is 13.4 Å². The van der Waals surface area contributed by atoms with Crippen LogP contribution in [0.5, 0.6) is 0 Å². The van der Waals surface area contributed by atoms with Crippen LogP contribution in [0.3, 0.4) is 0 Å². The Morgan fingerprint density at radius 2 is 1.70 bits per heavy atom. The van der Waals surface area contributed by atoms with Gasteiger partial charge < -0.3 is 4.74 Å². The van der Waals surface area contributed by atoms with E-state index in [1.54, 1.807) is 32.0 Å². The summed E-state index contributed by atoms with van der Waals surface area (Å²) >= 11 is 1.96. The van der Waals surface area contributed by atoms with Crippen LogP contribution >= 0.6 is 24.1 Å². The second-order valence-corrected chi connectivity index (χ2v) is 8.42. The van der Waals surface area contributed by atoms with Crippen LogP contribution in [-0.2, 0) is 28.0 Å². The Bertz CT molecular complexity index is 989. The monoisotopic (exact) mass is 452 g/mol. The average Bonchev–Trinajstić information content (AvgIpc) is 2.93. The van der Waals surface area contributed by atoms with Gasteiger partial charge in [0.15, 0.2) is 0 Å². The van der Waals surface area contributed by atoms with Crippen molar-refractivity contribution in [2.24, 2.45) is 0 Å². The maximum absolute atomic E-state index is 15.0. The van der Waals surface area contributed by atoms with E-state index < -0.39 is 17.4 Å². The lowest BCUT2D eigenvalue weighted by Gasteiger charge is -2.22. The van der Waals surface area contributed by atoms with E-state index in [9.17, 15) is 4.79 Å². The van der Waals surface area contributed by atoms with Crippen molar-refractivity contribution in [1.82, 2.24) is 0 Å². The van der Waals surface area contributed by atoms with Gasteiger partial charge in [-0.25, -0.2) is 19.0 Å². The van der Waals surface area contributed by atoms with Crippen LogP contribution in [0.15, 0.2) is 46.2 Å². The molecule has 3 rings (SSSR count). The Hall–Kier alpha value is -1.88. The molecular formula is C21H21FO6S2. The van der Waals surface area contributed by atoms with Crippen LogP contribution in [0.2, 0.25) is 0 Å². The first-order valence-corrected chi connectivity index (χ1v) is 10.4. The van der Waals surface area contributed by atoms with Crippen molar-refractivity contribution < 1.29 is 32.4 Å². The molecule has 0 unspecified atom stereocenters. The highest BCUT2D eigenvalue weighted by Gasteiger charge is 2.42. The predicted octanol–water partition coefficient (Wildman–Crippen LogP) is 5.55. The number of cyclic esters (lactones) is 1. The summed E-state index contributed by atoms with van der Waals surface area (Å²) in [4.78, 5) is 23.3. The number of rotatable bonds is 8. The largest absolute Gasteiger partial charge is 0.451 e. The maximum Gasteiger partial charge on any atom is 0.340 e. The SMILES string of the molecule is COOSc1ccc(C2=C(c3ccc(SOOC)c(C)c3)C(=O)OC2(C)C)c(F)c1. The number of halogens is 1. The molecule has 1 aliphatic heterocycles. The summed E-state index contributed by atoms with van der Waals surface area (Å²) in [6.45, 7) is 5.37. The molecule has 30 heavy (non-hydrogen) atoms. The Morgan fingerprint density at radius 1 is 1.00 bits per heavy atom. The van der Waals surface area contributed by atoms with Gasteiger partial charge in [-0.2, -0.15) is 8.67 Å². The molecule has 0 fully saturated rings. The van der Waals surface area contributed by atoms with E-state index in [1.165, 1.54) is 20.3 Å². The molecule has 2 aromatic carbocycles. The summed E-state index contributed by atoms with van der Waals surface area (Å²) in [6.07, 6.45) is 0. The van der Waals surface area contributed by atoms with Crippen molar-refractivity contribution >= 4 is 41.2 Å². The third kappa shape index (κ3) is 4.72. The Balaban J connectivity index is 2.09. The summed E-state index contributed by atoms with van der Waals surface area (Å²) in [5.74, 6) is -0.987. The van der Waals surface area contributed by atoms with E-state index in [0.717, 1.165) is 34.5 Å². The second kappa shape index (κ2) is 9.51. The predicted molar refractivity (Wildman–Crippen MR) is 112 cm³/mol. The lowest BCUT2D eigenvalue weighted by Crippen LogP contribution is -2.22. The van der Waals surface area contributed by atoms with Gasteiger partial charge in [0.25, 0.3) is 0 Å². The molecule has 0 aromatic heterocycles. The van der Waals surface area contributed by atoms with E-state index in [2.05, 4.69) is 9.78 Å². The first kappa shape index (κ1) is 22.8. The van der Waals surface area contributed by atoms with Gasteiger partial charge in [-0.05, 0) is 56.2 Å². The van der Waals surface area contributed by atoms with Crippen molar-refractivity contribution in [2.45, 2.75) is 36.2 Å². The van der Waals surface area contributed by atoms with Crippen LogP contribution in [0, 0.1) is 12.7 Å². The normalized spacial score (nSPS) is 15.6. The molecule has 0 N–H and O–H groups in total. The molecule has 0 saturated heterocycles. The molecule has 0 radical (unpaired) electrons. The molecule has 0 bridgehead atoms. The van der Waals surface area contributed by atoms with Gasteiger partial charge >= 0.3 is 5.97 Å². The highest BCUT2D eigenvalue weighted by molar-refractivity contribution is 7.94. The molecule has 0 aliphatic carbocycles. The summed E-state index contributed by atoms with van der Waals surface area (Å²) < 4.78 is 30.3. The standard InChI is InChI=1S/C21H21FO6S2/c1-12-10-13(6-9-17(12)30-28-25-5)18-19(21(2,3)26-20(18)23)15-8-7-14(11-16(15)22)29-27-24-4/h6-11H,1-5H3. The first-order chi connectivity index (χ1) is 14.3. The quantitative estimate of drug-likeness (QED) is 0.224. The molecular weight excluding hydrogens is 431 g/mol. The lowest BCUT2D eigenvalue weighted by atomic mass is 9.86. The van der Waals surface area contributed by atoms with Gasteiger partial charge in [-0.15, -0.1) is 0 Å². The van der Waals surface area contributed by atoms with Crippen LogP contribution in [-0.4, -0.2) is 25.8 Å². The highest BCUT2D eigenvalue weighted by Crippen LogP contribution is 2.45. The zero-order valence-electron chi connectivity index (χ0n) is 17.1. The molecule has 6 nitrogen and oxygen atoms in total. The smallest absolute Gasteiger partial charge is 0.340 e. The third-order valence-corrected chi connectivity index (χ3v) is 5.96. The van der Waals surface area contributed by atoms with Gasteiger partial charge in [-0.3, -0.25) is 0 Å². The fraction of sp³-hybridized carbons (Fsp3) is 0.286. The summed E-state index contributed by atoms with van der Waals surface area (Å²) in [5, 5.41) is 0. The minimum Gasteiger partial charge on any atom is -0.451 e. The zero-order chi connectivity index (χ0) is 21.9. The summed E-state index contributed by atoms with van der Waals surface area (Å²) in [7, 11) is 2.79. The van der Waals surface area contributed by atoms with Gasteiger partial charge in [0.1, 0.15) is 11.4 Å². The Kier molecular flexibility index (Phi) is 7.22. The third-order valence-electron chi connectivity index (χ3n) is 4.47. The fourth-order valence-corrected chi connectivity index (χ4v) is 4.13. The van der Waals surface area contributed by atoms with E-state index in [0.29, 0.717) is 27.2 Å². The Labute approximate surface area is 182 Å². The zero-order valence-corrected chi connectivity index (χ0v) is 18.7. The van der Waals surface area contributed by atoms with Gasteiger partial charge in [-0.1, -0.05) is 12.1 Å². The minimum absolute atomic E-state index is 0.293. The molecule has 160 valence electrons. The molecule has 0 saturated carbocycles. The second-order valence-electron chi connectivity index (χ2n) is 6.91. The van der Waals surface area contributed by atoms with Crippen molar-refractivity contribution in [3.8, 4) is 0 Å². The molecule has 0 amide bonds. The van der Waals surface area contributed by atoms with Crippen LogP contribution in [0.4, 0.5) is 4.39 Å². The Morgan fingerprint density at radius 3 is 2.33 bits per heavy atom. The van der Waals surface area contributed by atoms with E-state index in [-0.39, 0.29) is 0 Å². The first-order valence-electron chi connectivity index (χ1n) is 8.92. The van der Waals surface area contributed by atoms with Gasteiger partial charge in [0.2, 0.25) is 0 Å². The van der Waals surface area contributed by atoms with Crippen molar-refractivity contribution in [1.29, 1.82) is 0 Å². The van der Waals surface area contributed by atoms with E-state index >= 15 is 4.39 Å². The highest BCUT2D eigenvalue weighted by atomic mass is 32.2. The van der Waals surface area contributed by atoms with Gasteiger partial charge in [0.05, 0.1) is 43.9 Å². The number of ether oxygens (including phenoxy) is 1. The summed E-state index contributed by atoms with van der Waals surface area (Å²) in [5.41, 5.74) is 1.64. The van der Waals surface area contributed by atoms with Crippen LogP contribution < -0.4 is 0 Å². The topological polar surface area (TPSA) is 63.2 Å². The molecule has 1 heterocycles. The summed E-state index contributed by atoms with van der Waals surface area (Å²) in [6, 6.07) is 10.1. The van der Waals surface area contributed by atoms with E-state index in [1.807, 2.05) is 19.1 Å². The lowest BCUT2D eigenvalue weighted by molar-refractivity contribution is -0.160. The maximum atomic E-state index is 15.0. The van der Waals surface area contributed by atoms with Crippen LogP contribution in [0.1, 0.15) is 30.5 Å². The number of aryl methyl sites for hydroxylation is 1. The van der Waals surface area contributed by atoms with Crippen molar-refractivity contribution in [3.63, 3.8) is 0 Å². The number of carbonyl (C=O) groups excluding carboxylic acids is 1. The van der Waals surface area contributed by atoms with Crippen LogP contribution in [0.25, 0.3) is 11.1 Å². The van der Waals surface area contributed by atoms with Crippen molar-refractivity contribution in [3.05, 3.63) is 58.9 Å². The number of hydrogen-bond acceptors (Lipinski definition) is 8. The molecule has 1 aliphatic rings. The van der Waals surface area contributed by atoms with Crippen molar-refractivity contribution in [2.75, 3.05) is 14.2 Å². The number of esters is 1. The fourth-order valence-electron chi connectivity index (χ4n) is 3.25. The molecule has 0 spiro atoms. The number of carbonyl (C=O) groups is 1. The number of benzene rings is 2. The minimum atomic E-state index is -0.995. The van der Waals surface area contributed by atoms with Gasteiger partial charge in [0, 0.05) is 20.9 Å². The number of hydrogen-bond donors (Lipinski definition) is 0. The molecule has 2 aromatic rings.